The van der Waals surface area contributed by atoms with Crippen LogP contribution in [-0.4, -0.2) is 49.1 Å². The SMILES string of the molecule is COc1ccc(CNC(=O)c2ccc(N3C4CC(NC(=O)c5cccc(OC)c5C)CC3[C@H](C)C4)nc2)c(Cl)c1. The van der Waals surface area contributed by atoms with E-state index in [1.807, 2.05) is 49.4 Å². The highest BCUT2D eigenvalue weighted by molar-refractivity contribution is 6.31. The van der Waals surface area contributed by atoms with Crippen LogP contribution in [0, 0.1) is 12.8 Å². The Morgan fingerprint density at radius 1 is 1.05 bits per heavy atom. The molecular formula is C31H35ClN4O4. The van der Waals surface area contributed by atoms with Crippen LogP contribution >= 0.6 is 11.6 Å². The molecule has 40 heavy (non-hydrogen) atoms. The van der Waals surface area contributed by atoms with Crippen molar-refractivity contribution in [2.24, 2.45) is 5.92 Å². The van der Waals surface area contributed by atoms with Crippen molar-refractivity contribution >= 4 is 29.2 Å². The first-order valence-electron chi connectivity index (χ1n) is 13.6. The van der Waals surface area contributed by atoms with Crippen molar-refractivity contribution in [3.05, 3.63) is 82.0 Å². The van der Waals surface area contributed by atoms with E-state index in [1.165, 1.54) is 0 Å². The highest BCUT2D eigenvalue weighted by Gasteiger charge is 2.45. The van der Waals surface area contributed by atoms with Crippen molar-refractivity contribution in [3.8, 4) is 11.5 Å². The van der Waals surface area contributed by atoms with E-state index in [4.69, 9.17) is 21.1 Å². The number of carbonyl (C=O) groups excluding carboxylic acids is 2. The summed E-state index contributed by atoms with van der Waals surface area (Å²) in [6.07, 6.45) is 4.37. The largest absolute Gasteiger partial charge is 0.497 e. The highest BCUT2D eigenvalue weighted by atomic mass is 35.5. The van der Waals surface area contributed by atoms with Gasteiger partial charge in [0.15, 0.2) is 0 Å². The number of carbonyl (C=O) groups is 2. The molecule has 2 aliphatic rings. The average molecular weight is 563 g/mol. The minimum absolute atomic E-state index is 0.0636. The van der Waals surface area contributed by atoms with Crippen LogP contribution in [0.5, 0.6) is 11.5 Å². The van der Waals surface area contributed by atoms with Crippen molar-refractivity contribution in [2.75, 3.05) is 19.1 Å². The minimum Gasteiger partial charge on any atom is -0.497 e. The maximum atomic E-state index is 13.1. The number of halogens is 1. The Kier molecular flexibility index (Phi) is 8.17. The third-order valence-electron chi connectivity index (χ3n) is 8.19. The molecule has 4 atom stereocenters. The summed E-state index contributed by atoms with van der Waals surface area (Å²) in [5.74, 6) is 2.44. The fourth-order valence-corrected chi connectivity index (χ4v) is 6.32. The number of piperidine rings is 1. The van der Waals surface area contributed by atoms with Crippen LogP contribution in [0.4, 0.5) is 5.82 Å². The smallest absolute Gasteiger partial charge is 0.253 e. The first-order chi connectivity index (χ1) is 19.3. The van der Waals surface area contributed by atoms with E-state index in [-0.39, 0.29) is 29.9 Å². The van der Waals surface area contributed by atoms with Crippen LogP contribution in [0.3, 0.4) is 0 Å². The summed E-state index contributed by atoms with van der Waals surface area (Å²) in [6.45, 7) is 4.48. The van der Waals surface area contributed by atoms with E-state index in [0.717, 1.165) is 36.2 Å². The maximum Gasteiger partial charge on any atom is 0.253 e. The molecule has 2 aromatic carbocycles. The second-order valence-corrected chi connectivity index (χ2v) is 11.1. The van der Waals surface area contributed by atoms with E-state index in [2.05, 4.69) is 27.4 Å². The molecule has 2 bridgehead atoms. The zero-order valence-electron chi connectivity index (χ0n) is 23.2. The van der Waals surface area contributed by atoms with Crippen LogP contribution in [0.25, 0.3) is 0 Å². The van der Waals surface area contributed by atoms with E-state index in [0.29, 0.717) is 40.1 Å². The van der Waals surface area contributed by atoms with Gasteiger partial charge in [-0.2, -0.15) is 0 Å². The standard InChI is InChI=1S/C31H35ClN4O4/c1-18-12-23-13-22(35-31(38)25-6-5-7-28(40-4)19(25)2)14-27(18)36(23)29-11-9-21(17-33-29)30(37)34-16-20-8-10-24(39-3)15-26(20)32/h5-11,15,17-18,22-23,27H,12-14,16H2,1-4H3,(H,34,37)(H,35,38)/t18-,22?,23?,27?/m1/s1. The van der Waals surface area contributed by atoms with Gasteiger partial charge in [-0.15, -0.1) is 0 Å². The van der Waals surface area contributed by atoms with Crippen molar-refractivity contribution in [2.45, 2.75) is 57.8 Å². The Morgan fingerprint density at radius 3 is 2.55 bits per heavy atom. The number of aromatic nitrogens is 1. The molecule has 2 saturated heterocycles. The first-order valence-corrected chi connectivity index (χ1v) is 14.0. The molecule has 2 aliphatic heterocycles. The normalized spacial score (nSPS) is 21.6. The second-order valence-electron chi connectivity index (χ2n) is 10.7. The number of hydrogen-bond acceptors (Lipinski definition) is 6. The van der Waals surface area contributed by atoms with Crippen molar-refractivity contribution in [1.29, 1.82) is 0 Å². The summed E-state index contributed by atoms with van der Waals surface area (Å²) < 4.78 is 10.6. The van der Waals surface area contributed by atoms with Gasteiger partial charge in [-0.25, -0.2) is 4.98 Å². The zero-order chi connectivity index (χ0) is 28.4. The van der Waals surface area contributed by atoms with Gasteiger partial charge < -0.3 is 25.0 Å². The van der Waals surface area contributed by atoms with Gasteiger partial charge in [0.2, 0.25) is 0 Å². The molecule has 0 saturated carbocycles. The lowest BCUT2D eigenvalue weighted by atomic mass is 9.94. The molecule has 3 heterocycles. The van der Waals surface area contributed by atoms with Gasteiger partial charge >= 0.3 is 0 Å². The summed E-state index contributed by atoms with van der Waals surface area (Å²) in [5, 5.41) is 6.72. The van der Waals surface area contributed by atoms with E-state index in [9.17, 15) is 9.59 Å². The van der Waals surface area contributed by atoms with E-state index < -0.39 is 0 Å². The number of nitrogens with zero attached hydrogens (tertiary/aromatic N) is 2. The predicted octanol–water partition coefficient (Wildman–Crippen LogP) is 5.17. The topological polar surface area (TPSA) is 92.8 Å². The van der Waals surface area contributed by atoms with Crippen molar-refractivity contribution in [3.63, 3.8) is 0 Å². The zero-order valence-corrected chi connectivity index (χ0v) is 24.0. The van der Waals surface area contributed by atoms with Gasteiger partial charge in [-0.1, -0.05) is 30.7 Å². The summed E-state index contributed by atoms with van der Waals surface area (Å²) in [4.78, 5) is 33.0. The van der Waals surface area contributed by atoms with E-state index >= 15 is 0 Å². The summed E-state index contributed by atoms with van der Waals surface area (Å²) >= 11 is 6.30. The molecule has 0 spiro atoms. The predicted molar refractivity (Wildman–Crippen MR) is 155 cm³/mol. The fourth-order valence-electron chi connectivity index (χ4n) is 6.09. The van der Waals surface area contributed by atoms with Gasteiger partial charge in [0.05, 0.1) is 19.8 Å². The molecule has 9 heteroatoms. The van der Waals surface area contributed by atoms with Crippen LogP contribution in [0.15, 0.2) is 54.7 Å². The van der Waals surface area contributed by atoms with Crippen LogP contribution in [0.1, 0.15) is 58.0 Å². The lowest BCUT2D eigenvalue weighted by Gasteiger charge is -2.40. The molecule has 3 unspecified atom stereocenters. The number of ether oxygens (including phenoxy) is 2. The van der Waals surface area contributed by atoms with Gasteiger partial charge in [-0.05, 0) is 74.1 Å². The molecular weight excluding hydrogens is 528 g/mol. The second kappa shape index (κ2) is 11.8. The van der Waals surface area contributed by atoms with Gasteiger partial charge in [-0.3, -0.25) is 9.59 Å². The molecule has 0 radical (unpaired) electrons. The van der Waals surface area contributed by atoms with Gasteiger partial charge in [0.25, 0.3) is 11.8 Å². The monoisotopic (exact) mass is 562 g/mol. The Morgan fingerprint density at radius 2 is 1.88 bits per heavy atom. The molecule has 3 aromatic rings. The Balaban J connectivity index is 1.21. The number of hydrogen-bond donors (Lipinski definition) is 2. The number of benzene rings is 2. The molecule has 210 valence electrons. The van der Waals surface area contributed by atoms with Gasteiger partial charge in [0.1, 0.15) is 17.3 Å². The van der Waals surface area contributed by atoms with Crippen LogP contribution < -0.4 is 25.0 Å². The molecule has 1 aromatic heterocycles. The summed E-state index contributed by atoms with van der Waals surface area (Å²) in [7, 11) is 3.20. The minimum atomic E-state index is -0.212. The maximum absolute atomic E-state index is 13.1. The van der Waals surface area contributed by atoms with E-state index in [1.54, 1.807) is 26.5 Å². The number of amides is 2. The Labute approximate surface area is 240 Å². The molecule has 2 N–H and O–H groups in total. The number of anilines is 1. The lowest BCUT2D eigenvalue weighted by molar-refractivity contribution is 0.0923. The number of rotatable bonds is 8. The molecule has 2 fully saturated rings. The quantitative estimate of drug-likeness (QED) is 0.394. The molecule has 8 nitrogen and oxygen atoms in total. The number of methoxy groups -OCH3 is 2. The van der Waals surface area contributed by atoms with Crippen LogP contribution in [-0.2, 0) is 6.54 Å². The summed E-state index contributed by atoms with van der Waals surface area (Å²) in [5.41, 5.74) is 2.79. The van der Waals surface area contributed by atoms with Crippen LogP contribution in [0.2, 0.25) is 5.02 Å². The number of fused-ring (bicyclic) bond motifs is 2. The Hall–Kier alpha value is -3.78. The number of pyridine rings is 1. The molecule has 2 amide bonds. The third-order valence-corrected chi connectivity index (χ3v) is 8.54. The van der Waals surface area contributed by atoms with Crippen molar-refractivity contribution in [1.82, 2.24) is 15.6 Å². The summed E-state index contributed by atoms with van der Waals surface area (Å²) in [6, 6.07) is 15.3. The van der Waals surface area contributed by atoms with Gasteiger partial charge in [0, 0.05) is 47.0 Å². The third kappa shape index (κ3) is 5.59. The first kappa shape index (κ1) is 27.8. The highest BCUT2D eigenvalue weighted by Crippen LogP contribution is 2.42. The molecule has 0 aliphatic carbocycles. The molecule has 5 rings (SSSR count). The number of nitrogens with one attached hydrogen (secondary N) is 2. The lowest BCUT2D eigenvalue weighted by Crippen LogP contribution is -2.51. The Bertz CT molecular complexity index is 1400. The van der Waals surface area contributed by atoms with Crippen molar-refractivity contribution < 1.29 is 19.1 Å². The average Bonchev–Trinajstić information content (AvgIpc) is 3.16. The fraction of sp³-hybridized carbons (Fsp3) is 0.387.